The Morgan fingerprint density at radius 2 is 2.00 bits per heavy atom. The molecule has 0 spiro atoms. The van der Waals surface area contributed by atoms with Crippen LogP contribution in [0.25, 0.3) is 0 Å². The molecule has 4 heteroatoms. The molecule has 0 atom stereocenters. The maximum atomic E-state index is 11.4. The molecule has 3 nitrogen and oxygen atoms in total. The molecule has 0 N–H and O–H groups in total. The molecule has 0 saturated heterocycles. The lowest BCUT2D eigenvalue weighted by atomic mass is 9.91. The number of nitrogens with zero attached hydrogens (tertiary/aromatic N) is 2. The summed E-state index contributed by atoms with van der Waals surface area (Å²) < 4.78 is 2.20. The van der Waals surface area contributed by atoms with Crippen molar-refractivity contribution in [2.45, 2.75) is 56.1 Å². The Bertz CT molecular complexity index is 461. The van der Waals surface area contributed by atoms with E-state index in [-0.39, 0.29) is 5.56 Å². The monoisotopic (exact) mass is 264 g/mol. The van der Waals surface area contributed by atoms with Crippen LogP contribution < -0.4 is 5.56 Å². The van der Waals surface area contributed by atoms with Crippen molar-refractivity contribution >= 4 is 11.8 Å². The van der Waals surface area contributed by atoms with Crippen LogP contribution in [0.15, 0.2) is 22.2 Å². The van der Waals surface area contributed by atoms with Gasteiger partial charge < -0.3 is 4.57 Å². The lowest BCUT2D eigenvalue weighted by Crippen LogP contribution is -2.14. The fourth-order valence-electron chi connectivity index (χ4n) is 2.68. The number of aromatic nitrogens is 2. The zero-order valence-corrected chi connectivity index (χ0v) is 11.5. The second-order valence-corrected chi connectivity index (χ2v) is 6.49. The summed E-state index contributed by atoms with van der Waals surface area (Å²) in [6.45, 7) is 0. The predicted octanol–water partition coefficient (Wildman–Crippen LogP) is 3.25. The highest BCUT2D eigenvalue weighted by Crippen LogP contribution is 2.38. The molecule has 3 rings (SSSR count). The van der Waals surface area contributed by atoms with E-state index in [2.05, 4.69) is 9.55 Å². The molecule has 0 aromatic carbocycles. The first kappa shape index (κ1) is 12.3. The van der Waals surface area contributed by atoms with E-state index in [1.54, 1.807) is 17.8 Å². The number of thioether (sulfide) groups is 1. The third-order valence-corrected chi connectivity index (χ3v) is 5.12. The maximum absolute atomic E-state index is 11.4. The van der Waals surface area contributed by atoms with E-state index in [0.717, 1.165) is 16.8 Å². The Kier molecular flexibility index (Phi) is 3.73. The molecule has 98 valence electrons. The first-order valence-electron chi connectivity index (χ1n) is 7.05. The van der Waals surface area contributed by atoms with Crippen LogP contribution in [0, 0.1) is 5.92 Å². The minimum atomic E-state index is -0.0990. The Morgan fingerprint density at radius 3 is 2.72 bits per heavy atom. The molecule has 0 unspecified atom stereocenters. The largest absolute Gasteiger partial charge is 0.324 e. The van der Waals surface area contributed by atoms with Crippen LogP contribution in [0.2, 0.25) is 0 Å². The van der Waals surface area contributed by atoms with Crippen molar-refractivity contribution in [3.8, 4) is 0 Å². The maximum Gasteiger partial charge on any atom is 0.273 e. The van der Waals surface area contributed by atoms with Crippen LogP contribution >= 0.6 is 11.8 Å². The minimum absolute atomic E-state index is 0.0990. The molecule has 2 fully saturated rings. The molecule has 18 heavy (non-hydrogen) atoms. The van der Waals surface area contributed by atoms with E-state index in [1.165, 1.54) is 44.9 Å². The quantitative estimate of drug-likeness (QED) is 0.618. The van der Waals surface area contributed by atoms with E-state index in [1.807, 2.05) is 6.20 Å². The zero-order chi connectivity index (χ0) is 12.4. The van der Waals surface area contributed by atoms with Gasteiger partial charge in [-0.2, -0.15) is 4.98 Å². The SMILES string of the molecule is O=c1ccn(C2CC2)c(SCC2CCCCC2)n1. The lowest BCUT2D eigenvalue weighted by molar-refractivity contribution is 0.390. The third-order valence-electron chi connectivity index (χ3n) is 3.92. The fourth-order valence-corrected chi connectivity index (χ4v) is 3.91. The van der Waals surface area contributed by atoms with E-state index in [9.17, 15) is 4.79 Å². The van der Waals surface area contributed by atoms with Gasteiger partial charge in [-0.1, -0.05) is 31.0 Å². The van der Waals surface area contributed by atoms with Gasteiger partial charge in [0.25, 0.3) is 5.56 Å². The topological polar surface area (TPSA) is 34.9 Å². The minimum Gasteiger partial charge on any atom is -0.324 e. The van der Waals surface area contributed by atoms with Gasteiger partial charge in [0.1, 0.15) is 0 Å². The van der Waals surface area contributed by atoms with Crippen molar-refractivity contribution in [1.29, 1.82) is 0 Å². The summed E-state index contributed by atoms with van der Waals surface area (Å²) in [6, 6.07) is 2.19. The zero-order valence-electron chi connectivity index (χ0n) is 10.7. The molecule has 2 aliphatic carbocycles. The van der Waals surface area contributed by atoms with Crippen LogP contribution in [-0.2, 0) is 0 Å². The number of hydrogen-bond acceptors (Lipinski definition) is 3. The molecule has 0 amide bonds. The lowest BCUT2D eigenvalue weighted by Gasteiger charge is -2.21. The third kappa shape index (κ3) is 2.97. The average Bonchev–Trinajstić information content (AvgIpc) is 3.22. The summed E-state index contributed by atoms with van der Waals surface area (Å²) in [4.78, 5) is 15.6. The van der Waals surface area contributed by atoms with Crippen molar-refractivity contribution in [3.63, 3.8) is 0 Å². The fraction of sp³-hybridized carbons (Fsp3) is 0.714. The predicted molar refractivity (Wildman–Crippen MR) is 74.1 cm³/mol. The first-order valence-corrected chi connectivity index (χ1v) is 8.03. The molecular formula is C14H20N2OS. The van der Waals surface area contributed by atoms with E-state index >= 15 is 0 Å². The Labute approximate surface area is 112 Å². The van der Waals surface area contributed by atoms with Crippen LogP contribution in [0.5, 0.6) is 0 Å². The second kappa shape index (κ2) is 5.47. The summed E-state index contributed by atoms with van der Waals surface area (Å²) in [5, 5.41) is 0.940. The van der Waals surface area contributed by atoms with Gasteiger partial charge >= 0.3 is 0 Å². The molecular weight excluding hydrogens is 244 g/mol. The molecule has 0 radical (unpaired) electrons. The number of rotatable bonds is 4. The van der Waals surface area contributed by atoms with E-state index < -0.39 is 0 Å². The first-order chi connectivity index (χ1) is 8.83. The molecule has 1 heterocycles. The van der Waals surface area contributed by atoms with Crippen LogP contribution in [-0.4, -0.2) is 15.3 Å². The Morgan fingerprint density at radius 1 is 1.22 bits per heavy atom. The second-order valence-electron chi connectivity index (χ2n) is 5.50. The summed E-state index contributed by atoms with van der Waals surface area (Å²) in [7, 11) is 0. The van der Waals surface area contributed by atoms with Gasteiger partial charge in [0, 0.05) is 24.1 Å². The Balaban J connectivity index is 1.67. The highest BCUT2D eigenvalue weighted by molar-refractivity contribution is 7.99. The van der Waals surface area contributed by atoms with Crippen molar-refractivity contribution < 1.29 is 0 Å². The van der Waals surface area contributed by atoms with Crippen LogP contribution in [0.1, 0.15) is 51.0 Å². The van der Waals surface area contributed by atoms with E-state index in [0.29, 0.717) is 6.04 Å². The average molecular weight is 264 g/mol. The Hall–Kier alpha value is -0.770. The van der Waals surface area contributed by atoms with Gasteiger partial charge in [0.05, 0.1) is 0 Å². The number of hydrogen-bond donors (Lipinski definition) is 0. The van der Waals surface area contributed by atoms with Gasteiger partial charge in [-0.25, -0.2) is 0 Å². The molecule has 0 aliphatic heterocycles. The van der Waals surface area contributed by atoms with Gasteiger partial charge in [-0.05, 0) is 31.6 Å². The van der Waals surface area contributed by atoms with Gasteiger partial charge in [0.15, 0.2) is 5.16 Å². The smallest absolute Gasteiger partial charge is 0.273 e. The molecule has 0 bridgehead atoms. The summed E-state index contributed by atoms with van der Waals surface area (Å²) in [5.41, 5.74) is -0.0990. The molecule has 2 aliphatic rings. The van der Waals surface area contributed by atoms with Gasteiger partial charge in [-0.3, -0.25) is 4.79 Å². The summed E-state index contributed by atoms with van der Waals surface area (Å²) >= 11 is 1.79. The summed E-state index contributed by atoms with van der Waals surface area (Å²) in [5.74, 6) is 1.96. The van der Waals surface area contributed by atoms with Gasteiger partial charge in [-0.15, -0.1) is 0 Å². The highest BCUT2D eigenvalue weighted by atomic mass is 32.2. The van der Waals surface area contributed by atoms with Crippen LogP contribution in [0.4, 0.5) is 0 Å². The van der Waals surface area contributed by atoms with Crippen molar-refractivity contribution in [1.82, 2.24) is 9.55 Å². The highest BCUT2D eigenvalue weighted by Gasteiger charge is 2.25. The van der Waals surface area contributed by atoms with Crippen molar-refractivity contribution in [2.75, 3.05) is 5.75 Å². The molecule has 1 aromatic heterocycles. The van der Waals surface area contributed by atoms with E-state index in [4.69, 9.17) is 0 Å². The van der Waals surface area contributed by atoms with Gasteiger partial charge in [0.2, 0.25) is 0 Å². The molecule has 1 aromatic rings. The van der Waals surface area contributed by atoms with Crippen LogP contribution in [0.3, 0.4) is 0 Å². The molecule has 2 saturated carbocycles. The summed E-state index contributed by atoms with van der Waals surface area (Å²) in [6.07, 6.45) is 11.3. The normalized spacial score (nSPS) is 21.1. The standard InChI is InChI=1S/C14H20N2OS/c17-13-8-9-16(12-6-7-12)14(15-13)18-10-11-4-2-1-3-5-11/h8-9,11-12H,1-7,10H2. The van der Waals surface area contributed by atoms with Crippen molar-refractivity contribution in [2.24, 2.45) is 5.92 Å². The van der Waals surface area contributed by atoms with Crippen molar-refractivity contribution in [3.05, 3.63) is 22.6 Å².